The molecule has 1 aliphatic rings. The fourth-order valence-electron chi connectivity index (χ4n) is 2.75. The van der Waals surface area contributed by atoms with E-state index < -0.39 is 5.60 Å². The third-order valence-electron chi connectivity index (χ3n) is 4.35. The average Bonchev–Trinajstić information content (AvgIpc) is 2.48. The number of amides is 1. The summed E-state index contributed by atoms with van der Waals surface area (Å²) in [6, 6.07) is 5.16. The Balaban J connectivity index is 1.99. The van der Waals surface area contributed by atoms with Gasteiger partial charge < -0.3 is 21.5 Å². The van der Waals surface area contributed by atoms with Crippen molar-refractivity contribution in [3.8, 4) is 0 Å². The minimum Gasteiger partial charge on any atom is -0.397 e. The van der Waals surface area contributed by atoms with Gasteiger partial charge in [0.2, 0.25) is 0 Å². The predicted octanol–water partition coefficient (Wildman–Crippen LogP) is 1.98. The van der Waals surface area contributed by atoms with Crippen LogP contribution in [-0.2, 0) is 0 Å². The Morgan fingerprint density at radius 3 is 2.67 bits per heavy atom. The number of aliphatic hydroxyl groups is 1. The number of benzene rings is 1. The molecule has 0 heterocycles. The van der Waals surface area contributed by atoms with Crippen molar-refractivity contribution in [3.63, 3.8) is 0 Å². The zero-order chi connectivity index (χ0) is 15.5. The van der Waals surface area contributed by atoms with Crippen LogP contribution in [0.1, 0.15) is 43.0 Å². The number of nitrogen functional groups attached to an aromatic ring is 1. The minimum atomic E-state index is -0.654. The molecule has 1 aliphatic carbocycles. The Hall–Kier alpha value is -1.75. The number of hydrogen-bond acceptors (Lipinski definition) is 4. The second-order valence-corrected chi connectivity index (χ2v) is 6.14. The number of rotatable bonds is 4. The molecule has 21 heavy (non-hydrogen) atoms. The Labute approximate surface area is 125 Å². The first-order valence-corrected chi connectivity index (χ1v) is 7.51. The summed E-state index contributed by atoms with van der Waals surface area (Å²) in [5, 5.41) is 16.3. The number of nitrogens with one attached hydrogen (secondary N) is 2. The fraction of sp³-hybridized carbons (Fsp3) is 0.562. The summed E-state index contributed by atoms with van der Waals surface area (Å²) in [6.45, 7) is 2.71. The molecule has 0 radical (unpaired) electrons. The molecule has 0 bridgehead atoms. The highest BCUT2D eigenvalue weighted by molar-refractivity contribution is 5.95. The zero-order valence-electron chi connectivity index (χ0n) is 12.8. The van der Waals surface area contributed by atoms with E-state index in [4.69, 9.17) is 5.73 Å². The molecule has 0 spiro atoms. The predicted molar refractivity (Wildman–Crippen MR) is 85.3 cm³/mol. The van der Waals surface area contributed by atoms with Gasteiger partial charge in [-0.3, -0.25) is 4.79 Å². The molecule has 0 aromatic heterocycles. The van der Waals surface area contributed by atoms with Crippen LogP contribution in [0.2, 0.25) is 0 Å². The first-order valence-electron chi connectivity index (χ1n) is 7.51. The van der Waals surface area contributed by atoms with Gasteiger partial charge in [0.25, 0.3) is 5.91 Å². The van der Waals surface area contributed by atoms with Crippen molar-refractivity contribution in [2.45, 2.75) is 38.2 Å². The molecule has 116 valence electrons. The van der Waals surface area contributed by atoms with Crippen molar-refractivity contribution in [2.24, 2.45) is 5.92 Å². The largest absolute Gasteiger partial charge is 0.397 e. The monoisotopic (exact) mass is 291 g/mol. The number of hydrogen-bond donors (Lipinski definition) is 4. The third kappa shape index (κ3) is 3.88. The topological polar surface area (TPSA) is 87.4 Å². The van der Waals surface area contributed by atoms with Gasteiger partial charge in [0, 0.05) is 19.2 Å². The van der Waals surface area contributed by atoms with Gasteiger partial charge in [-0.2, -0.15) is 0 Å². The number of nitrogens with two attached hydrogens (primary N) is 1. The lowest BCUT2D eigenvalue weighted by atomic mass is 9.79. The molecule has 1 fully saturated rings. The van der Waals surface area contributed by atoms with E-state index in [9.17, 15) is 9.90 Å². The van der Waals surface area contributed by atoms with E-state index in [2.05, 4.69) is 17.6 Å². The van der Waals surface area contributed by atoms with Gasteiger partial charge in [-0.1, -0.05) is 6.92 Å². The van der Waals surface area contributed by atoms with Crippen molar-refractivity contribution in [2.75, 3.05) is 24.6 Å². The summed E-state index contributed by atoms with van der Waals surface area (Å²) in [6.07, 6.45) is 3.75. The Morgan fingerprint density at radius 2 is 2.10 bits per heavy atom. The maximum Gasteiger partial charge on any atom is 0.251 e. The summed E-state index contributed by atoms with van der Waals surface area (Å²) in [4.78, 5) is 11.5. The first kappa shape index (κ1) is 15.6. The average molecular weight is 291 g/mol. The molecule has 1 aromatic carbocycles. The molecule has 0 unspecified atom stereocenters. The Kier molecular flexibility index (Phi) is 4.73. The zero-order valence-corrected chi connectivity index (χ0v) is 12.8. The quantitative estimate of drug-likeness (QED) is 0.639. The van der Waals surface area contributed by atoms with Crippen LogP contribution in [0.3, 0.4) is 0 Å². The van der Waals surface area contributed by atoms with E-state index in [1.165, 1.54) is 0 Å². The molecule has 0 saturated heterocycles. The van der Waals surface area contributed by atoms with E-state index in [1.54, 1.807) is 25.2 Å². The maximum absolute atomic E-state index is 11.5. The van der Waals surface area contributed by atoms with Gasteiger partial charge in [0.1, 0.15) is 0 Å². The smallest absolute Gasteiger partial charge is 0.251 e. The molecule has 1 amide bonds. The second kappa shape index (κ2) is 6.35. The Morgan fingerprint density at radius 1 is 1.43 bits per heavy atom. The van der Waals surface area contributed by atoms with Gasteiger partial charge in [0.15, 0.2) is 0 Å². The van der Waals surface area contributed by atoms with Crippen molar-refractivity contribution in [3.05, 3.63) is 23.8 Å². The normalized spacial score (nSPS) is 25.4. The van der Waals surface area contributed by atoms with Gasteiger partial charge >= 0.3 is 0 Å². The van der Waals surface area contributed by atoms with Crippen LogP contribution in [0, 0.1) is 5.92 Å². The van der Waals surface area contributed by atoms with Gasteiger partial charge in [-0.05, 0) is 49.8 Å². The van der Waals surface area contributed by atoms with Crippen molar-refractivity contribution in [1.29, 1.82) is 0 Å². The molecule has 5 N–H and O–H groups in total. The highest BCUT2D eigenvalue weighted by Crippen LogP contribution is 2.32. The highest BCUT2D eigenvalue weighted by Gasteiger charge is 2.31. The van der Waals surface area contributed by atoms with E-state index in [1.807, 2.05) is 0 Å². The van der Waals surface area contributed by atoms with Gasteiger partial charge in [-0.15, -0.1) is 0 Å². The molecule has 5 heteroatoms. The summed E-state index contributed by atoms with van der Waals surface area (Å²) < 4.78 is 0. The summed E-state index contributed by atoms with van der Waals surface area (Å²) in [5.74, 6) is 0.537. The van der Waals surface area contributed by atoms with Gasteiger partial charge in [0.05, 0.1) is 17.0 Å². The molecule has 1 aromatic rings. The van der Waals surface area contributed by atoms with Gasteiger partial charge in [-0.25, -0.2) is 0 Å². The molecular formula is C16H25N3O2. The summed E-state index contributed by atoms with van der Waals surface area (Å²) in [5.41, 5.74) is 7.13. The lowest BCUT2D eigenvalue weighted by Crippen LogP contribution is -2.40. The standard InChI is InChI=1S/C16H25N3O2/c1-11-5-7-16(21,8-6-11)10-19-14-4-3-12(9-13(14)17)15(20)18-2/h3-4,9,11,19,21H,5-8,10,17H2,1-2H3,(H,18,20). The molecule has 1 saturated carbocycles. The van der Waals surface area contributed by atoms with E-state index in [-0.39, 0.29) is 5.91 Å². The van der Waals surface area contributed by atoms with E-state index in [0.717, 1.165) is 31.4 Å². The van der Waals surface area contributed by atoms with Crippen LogP contribution in [0.4, 0.5) is 11.4 Å². The van der Waals surface area contributed by atoms with E-state index >= 15 is 0 Å². The molecule has 0 atom stereocenters. The number of carbonyl (C=O) groups is 1. The van der Waals surface area contributed by atoms with Crippen LogP contribution in [0.25, 0.3) is 0 Å². The molecule has 5 nitrogen and oxygen atoms in total. The second-order valence-electron chi connectivity index (χ2n) is 6.14. The third-order valence-corrected chi connectivity index (χ3v) is 4.35. The Bertz CT molecular complexity index is 508. The van der Waals surface area contributed by atoms with Crippen molar-refractivity contribution < 1.29 is 9.90 Å². The minimum absolute atomic E-state index is 0.159. The van der Waals surface area contributed by atoms with Crippen molar-refractivity contribution in [1.82, 2.24) is 5.32 Å². The highest BCUT2D eigenvalue weighted by atomic mass is 16.3. The molecule has 2 rings (SSSR count). The number of carbonyl (C=O) groups excluding carboxylic acids is 1. The first-order chi connectivity index (χ1) is 9.93. The van der Waals surface area contributed by atoms with Crippen LogP contribution in [-0.4, -0.2) is 30.2 Å². The lowest BCUT2D eigenvalue weighted by molar-refractivity contribution is 0.00502. The summed E-state index contributed by atoms with van der Waals surface area (Å²) >= 11 is 0. The van der Waals surface area contributed by atoms with Crippen LogP contribution in [0.15, 0.2) is 18.2 Å². The summed E-state index contributed by atoms with van der Waals surface area (Å²) in [7, 11) is 1.59. The molecule has 0 aliphatic heterocycles. The maximum atomic E-state index is 11.5. The molecular weight excluding hydrogens is 266 g/mol. The van der Waals surface area contributed by atoms with Crippen molar-refractivity contribution >= 4 is 17.3 Å². The van der Waals surface area contributed by atoms with E-state index in [0.29, 0.717) is 23.7 Å². The SMILES string of the molecule is CNC(=O)c1ccc(NCC2(O)CCC(C)CC2)c(N)c1. The van der Waals surface area contributed by atoms with Crippen LogP contribution >= 0.6 is 0 Å². The van der Waals surface area contributed by atoms with Crippen LogP contribution < -0.4 is 16.4 Å². The fourth-order valence-corrected chi connectivity index (χ4v) is 2.75. The lowest BCUT2D eigenvalue weighted by Gasteiger charge is -2.35. The number of anilines is 2. The van der Waals surface area contributed by atoms with Crippen LogP contribution in [0.5, 0.6) is 0 Å².